The Balaban J connectivity index is 2.16. The van der Waals surface area contributed by atoms with Crippen molar-refractivity contribution in [3.8, 4) is 0 Å². The number of aromatic nitrogens is 1. The van der Waals surface area contributed by atoms with Crippen LogP contribution in [0.5, 0.6) is 0 Å². The van der Waals surface area contributed by atoms with E-state index in [-0.39, 0.29) is 22.9 Å². The lowest BCUT2D eigenvalue weighted by Crippen LogP contribution is -2.29. The summed E-state index contributed by atoms with van der Waals surface area (Å²) in [6, 6.07) is 6.12. The van der Waals surface area contributed by atoms with Gasteiger partial charge in [-0.05, 0) is 31.1 Å². The van der Waals surface area contributed by atoms with Crippen LogP contribution in [-0.2, 0) is 11.2 Å². The van der Waals surface area contributed by atoms with E-state index in [1.54, 1.807) is 12.1 Å². The van der Waals surface area contributed by atoms with Gasteiger partial charge in [0.15, 0.2) is 0 Å². The summed E-state index contributed by atoms with van der Waals surface area (Å²) in [6.07, 6.45) is -10.9. The fourth-order valence-corrected chi connectivity index (χ4v) is 3.56. The van der Waals surface area contributed by atoms with Gasteiger partial charge >= 0.3 is 18.3 Å². The van der Waals surface area contributed by atoms with Crippen molar-refractivity contribution < 1.29 is 41.0 Å². The van der Waals surface area contributed by atoms with Gasteiger partial charge in [0.05, 0.1) is 23.4 Å². The van der Waals surface area contributed by atoms with Crippen LogP contribution in [0, 0.1) is 12.8 Å². The average Bonchev–Trinajstić information content (AvgIpc) is 2.91. The van der Waals surface area contributed by atoms with Crippen LogP contribution in [0.15, 0.2) is 47.6 Å². The molecule has 1 aromatic carbocycles. The fourth-order valence-electron chi connectivity index (χ4n) is 3.56. The number of halogens is 6. The Morgan fingerprint density at radius 3 is 2.33 bits per heavy atom. The maximum absolute atomic E-state index is 13.2. The molecule has 0 radical (unpaired) electrons. The van der Waals surface area contributed by atoms with Crippen molar-refractivity contribution in [2.45, 2.75) is 32.1 Å². The van der Waals surface area contributed by atoms with Gasteiger partial charge in [-0.1, -0.05) is 24.3 Å². The summed E-state index contributed by atoms with van der Waals surface area (Å²) in [6.45, 7) is 1.40. The molecule has 0 saturated heterocycles. The first-order chi connectivity index (χ1) is 13.8. The molecule has 10 heteroatoms. The van der Waals surface area contributed by atoms with Crippen LogP contribution < -0.4 is 0 Å². The summed E-state index contributed by atoms with van der Waals surface area (Å²) in [4.78, 5) is 24.3. The first-order valence-electron chi connectivity index (χ1n) is 8.72. The zero-order valence-electron chi connectivity index (χ0n) is 15.4. The minimum Gasteiger partial charge on any atom is -0.481 e. The normalized spacial score (nSPS) is 17.6. The molecule has 1 unspecified atom stereocenters. The highest BCUT2D eigenvalue weighted by Gasteiger charge is 2.45. The Morgan fingerprint density at radius 1 is 1.13 bits per heavy atom. The molecule has 1 heterocycles. The van der Waals surface area contributed by atoms with Crippen molar-refractivity contribution in [2.24, 2.45) is 5.92 Å². The molecule has 2 aromatic rings. The minimum atomic E-state index is -5.06. The Morgan fingerprint density at radius 2 is 1.77 bits per heavy atom. The molecule has 1 aliphatic rings. The molecule has 1 aromatic heterocycles. The van der Waals surface area contributed by atoms with Crippen molar-refractivity contribution in [3.63, 3.8) is 0 Å². The molecule has 0 amide bonds. The van der Waals surface area contributed by atoms with E-state index in [0.29, 0.717) is 11.5 Å². The number of aliphatic carboxylic acids is 1. The quantitative estimate of drug-likeness (QED) is 0.679. The average molecular weight is 431 g/mol. The van der Waals surface area contributed by atoms with Crippen molar-refractivity contribution in [3.05, 3.63) is 58.8 Å². The Kier molecular flexibility index (Phi) is 5.30. The molecule has 30 heavy (non-hydrogen) atoms. The van der Waals surface area contributed by atoms with E-state index in [1.807, 2.05) is 0 Å². The number of hydrogen-bond acceptors (Lipinski definition) is 2. The standard InChI is InChI=1S/C20H15F6NO3/c1-10-15(9-17(28)29)14-4-2-3-5-16(14)27(10)18(30)11-6-12(19(21,22)23)8-13(7-11)20(24,25)26/h2-6,8,13H,7,9H2,1H3,(H,28,29). The molecule has 0 bridgehead atoms. The van der Waals surface area contributed by atoms with E-state index in [0.717, 1.165) is 4.57 Å². The topological polar surface area (TPSA) is 59.3 Å². The lowest BCUT2D eigenvalue weighted by atomic mass is 9.89. The van der Waals surface area contributed by atoms with Gasteiger partial charge in [-0.15, -0.1) is 0 Å². The van der Waals surface area contributed by atoms with Gasteiger partial charge in [0.2, 0.25) is 0 Å². The number of hydrogen-bond donors (Lipinski definition) is 1. The van der Waals surface area contributed by atoms with E-state index >= 15 is 0 Å². The number of para-hydroxylation sites is 1. The number of carbonyl (C=O) groups excluding carboxylic acids is 1. The Bertz CT molecular complexity index is 1090. The third kappa shape index (κ3) is 3.99. The molecule has 1 atom stereocenters. The number of fused-ring (bicyclic) bond motifs is 1. The smallest absolute Gasteiger partial charge is 0.416 e. The number of rotatable bonds is 3. The first-order valence-corrected chi connectivity index (χ1v) is 8.72. The van der Waals surface area contributed by atoms with Gasteiger partial charge in [-0.2, -0.15) is 26.3 Å². The summed E-state index contributed by atoms with van der Waals surface area (Å²) in [7, 11) is 0. The third-order valence-corrected chi connectivity index (χ3v) is 4.95. The van der Waals surface area contributed by atoms with Crippen LogP contribution >= 0.6 is 0 Å². The fraction of sp³-hybridized carbons (Fsp3) is 0.300. The molecule has 0 saturated carbocycles. The zero-order chi connectivity index (χ0) is 22.4. The van der Waals surface area contributed by atoms with Gasteiger partial charge in [-0.25, -0.2) is 0 Å². The maximum Gasteiger partial charge on any atom is 0.416 e. The summed E-state index contributed by atoms with van der Waals surface area (Å²) in [5.74, 6) is -4.70. The summed E-state index contributed by atoms with van der Waals surface area (Å²) in [5, 5.41) is 9.52. The van der Waals surface area contributed by atoms with Crippen LogP contribution in [0.2, 0.25) is 0 Å². The molecule has 3 rings (SSSR count). The number of allylic oxidation sites excluding steroid dienone is 4. The van der Waals surface area contributed by atoms with Crippen LogP contribution in [-0.4, -0.2) is 33.9 Å². The second kappa shape index (κ2) is 7.33. The summed E-state index contributed by atoms with van der Waals surface area (Å²) in [5.41, 5.74) is -1.57. The molecule has 4 nitrogen and oxygen atoms in total. The molecular formula is C20H15F6NO3. The van der Waals surface area contributed by atoms with E-state index < -0.39 is 54.1 Å². The molecule has 1 N–H and O–H groups in total. The first kappa shape index (κ1) is 21.7. The Hall–Kier alpha value is -3.04. The number of carboxylic acid groups (broad SMARTS) is 1. The van der Waals surface area contributed by atoms with Gasteiger partial charge in [0.25, 0.3) is 5.91 Å². The number of benzene rings is 1. The second-order valence-electron chi connectivity index (χ2n) is 6.93. The lowest BCUT2D eigenvalue weighted by Gasteiger charge is -2.24. The molecule has 0 aliphatic heterocycles. The summed E-state index contributed by atoms with van der Waals surface area (Å²) < 4.78 is 80.1. The monoisotopic (exact) mass is 431 g/mol. The predicted molar refractivity (Wildman–Crippen MR) is 95.0 cm³/mol. The van der Waals surface area contributed by atoms with Crippen LogP contribution in [0.1, 0.15) is 22.5 Å². The molecular weight excluding hydrogens is 416 g/mol. The molecule has 0 spiro atoms. The third-order valence-electron chi connectivity index (χ3n) is 4.95. The second-order valence-corrected chi connectivity index (χ2v) is 6.93. The van der Waals surface area contributed by atoms with Crippen molar-refractivity contribution in [1.29, 1.82) is 0 Å². The highest BCUT2D eigenvalue weighted by atomic mass is 19.4. The predicted octanol–water partition coefficient (Wildman–Crippen LogP) is 5.21. The van der Waals surface area contributed by atoms with Gasteiger partial charge in [-0.3, -0.25) is 14.2 Å². The number of alkyl halides is 6. The van der Waals surface area contributed by atoms with E-state index in [1.165, 1.54) is 19.1 Å². The lowest BCUT2D eigenvalue weighted by molar-refractivity contribution is -0.162. The van der Waals surface area contributed by atoms with Crippen molar-refractivity contribution in [2.75, 3.05) is 0 Å². The highest BCUT2D eigenvalue weighted by Crippen LogP contribution is 2.41. The van der Waals surface area contributed by atoms with Gasteiger partial charge in [0.1, 0.15) is 0 Å². The van der Waals surface area contributed by atoms with Crippen molar-refractivity contribution in [1.82, 2.24) is 4.57 Å². The zero-order valence-corrected chi connectivity index (χ0v) is 15.4. The largest absolute Gasteiger partial charge is 0.481 e. The number of carbonyl (C=O) groups is 2. The number of carboxylic acids is 1. The highest BCUT2D eigenvalue weighted by molar-refractivity contribution is 6.04. The molecule has 1 aliphatic carbocycles. The number of nitrogens with zero attached hydrogens (tertiary/aromatic N) is 1. The van der Waals surface area contributed by atoms with Crippen LogP contribution in [0.25, 0.3) is 10.9 Å². The molecule has 160 valence electrons. The molecule has 0 fully saturated rings. The SMILES string of the molecule is Cc1c(CC(=O)O)c2ccccc2n1C(=O)C1=CC(C(F)(F)F)=CC(C(F)(F)F)C1. The minimum absolute atomic E-state index is 0.0766. The summed E-state index contributed by atoms with van der Waals surface area (Å²) >= 11 is 0. The van der Waals surface area contributed by atoms with Gasteiger partial charge in [0, 0.05) is 16.7 Å². The van der Waals surface area contributed by atoms with Crippen LogP contribution in [0.4, 0.5) is 26.3 Å². The van der Waals surface area contributed by atoms with E-state index in [9.17, 15) is 35.9 Å². The van der Waals surface area contributed by atoms with E-state index in [2.05, 4.69) is 0 Å². The van der Waals surface area contributed by atoms with E-state index in [4.69, 9.17) is 5.11 Å². The maximum atomic E-state index is 13.2. The van der Waals surface area contributed by atoms with Gasteiger partial charge < -0.3 is 5.11 Å². The van der Waals surface area contributed by atoms with Crippen molar-refractivity contribution >= 4 is 22.8 Å². The Labute approximate surface area is 166 Å². The van der Waals surface area contributed by atoms with Crippen LogP contribution in [0.3, 0.4) is 0 Å².